The van der Waals surface area contributed by atoms with E-state index in [1.54, 1.807) is 42.7 Å². The van der Waals surface area contributed by atoms with E-state index in [4.69, 9.17) is 8.83 Å². The van der Waals surface area contributed by atoms with E-state index >= 15 is 0 Å². The molecule has 0 spiro atoms. The minimum absolute atomic E-state index is 0.256. The Kier molecular flexibility index (Phi) is 4.69. The molecular formula is C24H15BrN2O3. The van der Waals surface area contributed by atoms with E-state index in [0.29, 0.717) is 28.4 Å². The number of fused-ring (bicyclic) bond motifs is 2. The number of rotatable bonds is 4. The Morgan fingerprint density at radius 1 is 1.00 bits per heavy atom. The highest BCUT2D eigenvalue weighted by atomic mass is 79.9. The van der Waals surface area contributed by atoms with Crippen molar-refractivity contribution in [3.8, 4) is 11.5 Å². The van der Waals surface area contributed by atoms with Crippen molar-refractivity contribution in [1.29, 1.82) is 0 Å². The van der Waals surface area contributed by atoms with Gasteiger partial charge < -0.3 is 14.2 Å². The fourth-order valence-corrected chi connectivity index (χ4v) is 3.80. The molecule has 0 aliphatic rings. The van der Waals surface area contributed by atoms with Crippen molar-refractivity contribution in [2.45, 2.75) is 0 Å². The zero-order chi connectivity index (χ0) is 20.5. The van der Waals surface area contributed by atoms with E-state index < -0.39 is 0 Å². The molecule has 0 aliphatic heterocycles. The van der Waals surface area contributed by atoms with Crippen LogP contribution in [0, 0.1) is 0 Å². The molecule has 30 heavy (non-hydrogen) atoms. The predicted molar refractivity (Wildman–Crippen MR) is 121 cm³/mol. The summed E-state index contributed by atoms with van der Waals surface area (Å²) in [5.74, 6) is 0.895. The maximum Gasteiger partial charge on any atom is 0.248 e. The Balaban J connectivity index is 1.45. The smallest absolute Gasteiger partial charge is 0.248 e. The van der Waals surface area contributed by atoms with Crippen LogP contribution in [0.15, 0.2) is 92.4 Å². The number of amides is 1. The van der Waals surface area contributed by atoms with Gasteiger partial charge in [0.25, 0.3) is 0 Å². The molecule has 5 rings (SSSR count). The predicted octanol–water partition coefficient (Wildman–Crippen LogP) is 6.66. The number of benzene rings is 3. The van der Waals surface area contributed by atoms with Gasteiger partial charge in [-0.15, -0.1) is 0 Å². The Morgan fingerprint density at radius 2 is 1.87 bits per heavy atom. The zero-order valence-corrected chi connectivity index (χ0v) is 17.2. The van der Waals surface area contributed by atoms with Crippen molar-refractivity contribution in [2.75, 3.05) is 5.32 Å². The van der Waals surface area contributed by atoms with Crippen LogP contribution in [0.4, 0.5) is 5.69 Å². The molecule has 3 aromatic carbocycles. The number of nitrogens with one attached hydrogen (secondary N) is 1. The summed E-state index contributed by atoms with van der Waals surface area (Å²) in [5.41, 5.74) is 2.88. The van der Waals surface area contributed by atoms with Crippen LogP contribution in [0.1, 0.15) is 5.76 Å². The van der Waals surface area contributed by atoms with Gasteiger partial charge in [-0.3, -0.25) is 4.79 Å². The Labute approximate surface area is 180 Å². The molecule has 2 aromatic heterocycles. The van der Waals surface area contributed by atoms with Gasteiger partial charge in [0.1, 0.15) is 11.3 Å². The van der Waals surface area contributed by atoms with Crippen molar-refractivity contribution >= 4 is 55.5 Å². The van der Waals surface area contributed by atoms with Crippen LogP contribution in [0.2, 0.25) is 0 Å². The van der Waals surface area contributed by atoms with Crippen molar-refractivity contribution < 1.29 is 13.6 Å². The molecule has 1 N–H and O–H groups in total. The molecule has 0 unspecified atom stereocenters. The molecule has 0 bridgehead atoms. The molecule has 2 heterocycles. The quantitative estimate of drug-likeness (QED) is 0.306. The molecule has 146 valence electrons. The Morgan fingerprint density at radius 3 is 2.73 bits per heavy atom. The van der Waals surface area contributed by atoms with E-state index in [-0.39, 0.29) is 5.91 Å². The van der Waals surface area contributed by atoms with E-state index in [1.807, 2.05) is 30.3 Å². The van der Waals surface area contributed by atoms with Gasteiger partial charge in [-0.1, -0.05) is 40.2 Å². The number of furan rings is 1. The van der Waals surface area contributed by atoms with Gasteiger partial charge >= 0.3 is 0 Å². The minimum Gasteiger partial charge on any atom is -0.465 e. The second kappa shape index (κ2) is 7.65. The van der Waals surface area contributed by atoms with Crippen LogP contribution in [-0.4, -0.2) is 10.9 Å². The maximum absolute atomic E-state index is 12.2. The summed E-state index contributed by atoms with van der Waals surface area (Å²) in [4.78, 5) is 16.8. The van der Waals surface area contributed by atoms with Crippen molar-refractivity contribution in [3.63, 3.8) is 0 Å². The molecule has 0 radical (unpaired) electrons. The minimum atomic E-state index is -0.256. The number of oxazole rings is 1. The highest BCUT2D eigenvalue weighted by molar-refractivity contribution is 9.10. The highest BCUT2D eigenvalue weighted by Crippen LogP contribution is 2.34. The molecule has 5 nitrogen and oxygen atoms in total. The molecule has 5 aromatic rings. The van der Waals surface area contributed by atoms with Crippen LogP contribution >= 0.6 is 15.9 Å². The van der Waals surface area contributed by atoms with E-state index in [0.717, 1.165) is 20.8 Å². The Bertz CT molecular complexity index is 1400. The SMILES string of the molecule is O=C(/C=C\c1ccco1)Nc1ccc2oc(-c3cccc4c(Br)cccc34)nc2c1. The summed E-state index contributed by atoms with van der Waals surface area (Å²) in [7, 11) is 0. The standard InChI is InChI=1S/C24H15BrN2O3/c25-20-8-2-5-17-18(20)6-1-7-19(17)24-27-21-14-15(9-11-22(21)30-24)26-23(28)12-10-16-4-3-13-29-16/h1-14H,(H,26,28)/b12-10-. The van der Waals surface area contributed by atoms with Crippen LogP contribution in [-0.2, 0) is 4.79 Å². The maximum atomic E-state index is 12.2. The summed E-state index contributed by atoms with van der Waals surface area (Å²) in [6, 6.07) is 21.0. The highest BCUT2D eigenvalue weighted by Gasteiger charge is 2.13. The van der Waals surface area contributed by atoms with Gasteiger partial charge in [0, 0.05) is 21.8 Å². The van der Waals surface area contributed by atoms with Gasteiger partial charge in [-0.25, -0.2) is 4.98 Å². The number of hydrogen-bond donors (Lipinski definition) is 1. The number of aromatic nitrogens is 1. The third kappa shape index (κ3) is 3.53. The fourth-order valence-electron chi connectivity index (χ4n) is 3.31. The Hall–Kier alpha value is -3.64. The van der Waals surface area contributed by atoms with Crippen molar-refractivity contribution in [1.82, 2.24) is 4.98 Å². The molecular weight excluding hydrogens is 444 g/mol. The second-order valence-electron chi connectivity index (χ2n) is 6.68. The molecule has 0 saturated carbocycles. The van der Waals surface area contributed by atoms with E-state index in [9.17, 15) is 4.79 Å². The first-order valence-electron chi connectivity index (χ1n) is 9.28. The van der Waals surface area contributed by atoms with Gasteiger partial charge in [0.2, 0.25) is 11.8 Å². The topological polar surface area (TPSA) is 68.3 Å². The molecule has 0 fully saturated rings. The largest absolute Gasteiger partial charge is 0.465 e. The van der Waals surface area contributed by atoms with E-state index in [2.05, 4.69) is 32.3 Å². The summed E-state index contributed by atoms with van der Waals surface area (Å²) < 4.78 is 12.2. The summed E-state index contributed by atoms with van der Waals surface area (Å²) >= 11 is 3.59. The average Bonchev–Trinajstić information content (AvgIpc) is 3.42. The molecule has 0 saturated heterocycles. The van der Waals surface area contributed by atoms with Crippen LogP contribution in [0.25, 0.3) is 39.4 Å². The molecule has 0 aliphatic carbocycles. The first-order chi connectivity index (χ1) is 14.7. The summed E-state index contributed by atoms with van der Waals surface area (Å²) in [6.45, 7) is 0. The van der Waals surface area contributed by atoms with Gasteiger partial charge in [-0.05, 0) is 59.3 Å². The number of carbonyl (C=O) groups is 1. The lowest BCUT2D eigenvalue weighted by molar-refractivity contribution is -0.111. The molecule has 6 heteroatoms. The second-order valence-corrected chi connectivity index (χ2v) is 7.53. The summed E-state index contributed by atoms with van der Waals surface area (Å²) in [6.07, 6.45) is 4.59. The lowest BCUT2D eigenvalue weighted by Gasteiger charge is -2.04. The van der Waals surface area contributed by atoms with Crippen LogP contribution in [0.5, 0.6) is 0 Å². The third-order valence-electron chi connectivity index (χ3n) is 4.70. The normalized spacial score (nSPS) is 11.5. The van der Waals surface area contributed by atoms with Gasteiger partial charge in [-0.2, -0.15) is 0 Å². The first kappa shape index (κ1) is 18.4. The lowest BCUT2D eigenvalue weighted by Crippen LogP contribution is -2.07. The van der Waals surface area contributed by atoms with E-state index in [1.165, 1.54) is 6.08 Å². The zero-order valence-electron chi connectivity index (χ0n) is 15.6. The third-order valence-corrected chi connectivity index (χ3v) is 5.39. The van der Waals surface area contributed by atoms with Crippen LogP contribution in [0.3, 0.4) is 0 Å². The number of nitrogens with zero attached hydrogens (tertiary/aromatic N) is 1. The van der Waals surface area contributed by atoms with Crippen molar-refractivity contribution in [3.05, 3.63) is 89.3 Å². The first-order valence-corrected chi connectivity index (χ1v) is 10.1. The molecule has 0 atom stereocenters. The number of anilines is 1. The van der Waals surface area contributed by atoms with Crippen LogP contribution < -0.4 is 5.32 Å². The summed E-state index contributed by atoms with van der Waals surface area (Å²) in [5, 5.41) is 4.97. The fraction of sp³-hybridized carbons (Fsp3) is 0. The monoisotopic (exact) mass is 458 g/mol. The van der Waals surface area contributed by atoms with Crippen molar-refractivity contribution in [2.24, 2.45) is 0 Å². The van der Waals surface area contributed by atoms with Gasteiger partial charge in [0.05, 0.1) is 6.26 Å². The number of hydrogen-bond acceptors (Lipinski definition) is 4. The number of carbonyl (C=O) groups excluding carboxylic acids is 1. The number of halogens is 1. The van der Waals surface area contributed by atoms with Gasteiger partial charge in [0.15, 0.2) is 5.58 Å². The average molecular weight is 459 g/mol. The molecule has 1 amide bonds. The lowest BCUT2D eigenvalue weighted by atomic mass is 10.0.